The maximum Gasteiger partial charge on any atom is 0.148 e. The van der Waals surface area contributed by atoms with Crippen LogP contribution in [-0.2, 0) is 9.84 Å². The second kappa shape index (κ2) is 7.93. The van der Waals surface area contributed by atoms with Crippen LogP contribution in [0.1, 0.15) is 30.9 Å². The van der Waals surface area contributed by atoms with Crippen LogP contribution in [0.3, 0.4) is 0 Å². The van der Waals surface area contributed by atoms with E-state index in [4.69, 9.17) is 4.74 Å². The normalized spacial score (nSPS) is 11.8. The van der Waals surface area contributed by atoms with Crippen molar-refractivity contribution in [3.05, 3.63) is 29.3 Å². The molecule has 0 N–H and O–H groups in total. The maximum absolute atomic E-state index is 11.0. The van der Waals surface area contributed by atoms with Crippen LogP contribution in [0.2, 0.25) is 0 Å². The summed E-state index contributed by atoms with van der Waals surface area (Å²) in [5.74, 6) is 3.08. The van der Waals surface area contributed by atoms with E-state index in [0.29, 0.717) is 18.3 Å². The van der Waals surface area contributed by atoms with Crippen molar-refractivity contribution < 1.29 is 13.2 Å². The van der Waals surface area contributed by atoms with Crippen LogP contribution < -0.4 is 4.74 Å². The maximum atomic E-state index is 11.0. The van der Waals surface area contributed by atoms with Gasteiger partial charge in [0.25, 0.3) is 0 Å². The van der Waals surface area contributed by atoms with Gasteiger partial charge in [-0.2, -0.15) is 11.8 Å². The molecule has 0 aliphatic heterocycles. The zero-order valence-corrected chi connectivity index (χ0v) is 14.3. The minimum atomic E-state index is -2.84. The van der Waals surface area contributed by atoms with E-state index >= 15 is 0 Å². The van der Waals surface area contributed by atoms with Gasteiger partial charge in [0.15, 0.2) is 0 Å². The molecular weight excluding hydrogens is 292 g/mol. The van der Waals surface area contributed by atoms with Crippen molar-refractivity contribution in [1.29, 1.82) is 0 Å². The largest absolute Gasteiger partial charge is 0.493 e. The van der Waals surface area contributed by atoms with Gasteiger partial charge in [0.1, 0.15) is 15.6 Å². The lowest BCUT2D eigenvalue weighted by Gasteiger charge is -2.12. The van der Waals surface area contributed by atoms with Gasteiger partial charge in [-0.15, -0.1) is 0 Å². The molecule has 0 spiro atoms. The lowest BCUT2D eigenvalue weighted by atomic mass is 9.98. The molecular formula is C15H24O3S2. The smallest absolute Gasteiger partial charge is 0.148 e. The van der Waals surface area contributed by atoms with Gasteiger partial charge in [-0.05, 0) is 36.1 Å². The molecule has 20 heavy (non-hydrogen) atoms. The van der Waals surface area contributed by atoms with Crippen LogP contribution in [0.4, 0.5) is 0 Å². The first-order chi connectivity index (χ1) is 9.29. The summed E-state index contributed by atoms with van der Waals surface area (Å²) in [6.07, 6.45) is 1.27. The monoisotopic (exact) mass is 316 g/mol. The molecule has 0 aromatic heterocycles. The first-order valence-corrected chi connectivity index (χ1v) is 10.00. The van der Waals surface area contributed by atoms with Crippen LogP contribution in [-0.4, -0.2) is 38.5 Å². The summed E-state index contributed by atoms with van der Waals surface area (Å²) in [6.45, 7) is 7.07. The molecule has 0 fully saturated rings. The molecule has 0 unspecified atom stereocenters. The fourth-order valence-electron chi connectivity index (χ4n) is 1.92. The average Bonchev–Trinajstić information content (AvgIpc) is 2.32. The van der Waals surface area contributed by atoms with E-state index < -0.39 is 9.84 Å². The molecule has 3 nitrogen and oxygen atoms in total. The Morgan fingerprint density at radius 1 is 1.25 bits per heavy atom. The van der Waals surface area contributed by atoms with Crippen molar-refractivity contribution in [2.45, 2.75) is 26.7 Å². The Morgan fingerprint density at radius 2 is 1.95 bits per heavy atom. The molecule has 0 atom stereocenters. The first-order valence-electron chi connectivity index (χ1n) is 6.78. The highest BCUT2D eigenvalue weighted by molar-refractivity contribution is 8.00. The Balaban J connectivity index is 2.31. The average molecular weight is 316 g/mol. The predicted molar refractivity (Wildman–Crippen MR) is 87.8 cm³/mol. The van der Waals surface area contributed by atoms with E-state index in [1.165, 1.54) is 17.4 Å². The van der Waals surface area contributed by atoms with E-state index in [1.54, 1.807) is 11.8 Å². The highest BCUT2D eigenvalue weighted by Gasteiger charge is 2.05. The van der Waals surface area contributed by atoms with E-state index in [0.717, 1.165) is 11.5 Å². The highest BCUT2D eigenvalue weighted by Crippen LogP contribution is 2.23. The van der Waals surface area contributed by atoms with Gasteiger partial charge < -0.3 is 4.74 Å². The van der Waals surface area contributed by atoms with Crippen LogP contribution >= 0.6 is 11.8 Å². The standard InChI is InChI=1S/C15H24O3S2/c1-12(2)15-6-5-14(11-13(15)3)18-7-8-19-9-10-20(4,16)17/h5-6,11-12H,7-10H2,1-4H3. The van der Waals surface area contributed by atoms with Gasteiger partial charge in [-0.1, -0.05) is 19.9 Å². The number of rotatable bonds is 8. The second-order valence-electron chi connectivity index (χ2n) is 5.26. The van der Waals surface area contributed by atoms with Gasteiger partial charge in [0, 0.05) is 17.8 Å². The Kier molecular flexibility index (Phi) is 6.89. The number of benzene rings is 1. The van der Waals surface area contributed by atoms with E-state index in [-0.39, 0.29) is 5.75 Å². The van der Waals surface area contributed by atoms with E-state index in [9.17, 15) is 8.42 Å². The number of aryl methyl sites for hydroxylation is 1. The number of thioether (sulfide) groups is 1. The van der Waals surface area contributed by atoms with Crippen molar-refractivity contribution in [1.82, 2.24) is 0 Å². The summed E-state index contributed by atoms with van der Waals surface area (Å²) in [5.41, 5.74) is 2.60. The van der Waals surface area contributed by atoms with Crippen molar-refractivity contribution in [2.75, 3.05) is 30.1 Å². The lowest BCUT2D eigenvalue weighted by molar-refractivity contribution is 0.343. The Morgan fingerprint density at radius 3 is 2.50 bits per heavy atom. The molecule has 0 aliphatic rings. The Bertz CT molecular complexity index is 522. The third-order valence-corrected chi connectivity index (χ3v) is 5.11. The number of hydrogen-bond acceptors (Lipinski definition) is 4. The van der Waals surface area contributed by atoms with Crippen LogP contribution in [0.5, 0.6) is 5.75 Å². The third-order valence-electron chi connectivity index (χ3n) is 2.96. The van der Waals surface area contributed by atoms with Crippen molar-refractivity contribution in [3.8, 4) is 5.75 Å². The minimum Gasteiger partial charge on any atom is -0.493 e. The zero-order valence-electron chi connectivity index (χ0n) is 12.7. The molecule has 0 bridgehead atoms. The molecule has 1 aromatic carbocycles. The molecule has 1 rings (SSSR count). The zero-order chi connectivity index (χ0) is 15.2. The molecule has 114 valence electrons. The summed E-state index contributed by atoms with van der Waals surface area (Å²) in [4.78, 5) is 0. The predicted octanol–water partition coefficient (Wildman–Crippen LogP) is 3.28. The Labute approximate surface area is 127 Å². The summed E-state index contributed by atoms with van der Waals surface area (Å²) in [7, 11) is -2.84. The molecule has 0 aliphatic carbocycles. The molecule has 5 heteroatoms. The van der Waals surface area contributed by atoms with E-state index in [2.05, 4.69) is 32.9 Å². The quantitative estimate of drug-likeness (QED) is 0.690. The topological polar surface area (TPSA) is 43.4 Å². The van der Waals surface area contributed by atoms with Crippen molar-refractivity contribution >= 4 is 21.6 Å². The second-order valence-corrected chi connectivity index (χ2v) is 8.75. The molecule has 0 saturated heterocycles. The molecule has 0 saturated carbocycles. The van der Waals surface area contributed by atoms with Gasteiger partial charge in [-0.3, -0.25) is 0 Å². The molecule has 0 heterocycles. The molecule has 0 amide bonds. The highest BCUT2D eigenvalue weighted by atomic mass is 32.2. The van der Waals surface area contributed by atoms with E-state index in [1.807, 2.05) is 6.07 Å². The first kappa shape index (κ1) is 17.4. The van der Waals surface area contributed by atoms with Gasteiger partial charge >= 0.3 is 0 Å². The minimum absolute atomic E-state index is 0.236. The summed E-state index contributed by atoms with van der Waals surface area (Å²) >= 11 is 1.61. The van der Waals surface area contributed by atoms with Crippen LogP contribution in [0, 0.1) is 6.92 Å². The van der Waals surface area contributed by atoms with Gasteiger partial charge in [0.05, 0.1) is 12.4 Å². The number of hydrogen-bond donors (Lipinski definition) is 0. The van der Waals surface area contributed by atoms with Gasteiger partial charge in [0.2, 0.25) is 0 Å². The number of ether oxygens (including phenoxy) is 1. The number of sulfone groups is 1. The SMILES string of the molecule is Cc1cc(OCCSCCS(C)(=O)=O)ccc1C(C)C. The fraction of sp³-hybridized carbons (Fsp3) is 0.600. The van der Waals surface area contributed by atoms with Crippen LogP contribution in [0.15, 0.2) is 18.2 Å². The summed E-state index contributed by atoms with van der Waals surface area (Å²) < 4.78 is 27.6. The molecule has 1 aromatic rings. The fourth-order valence-corrected chi connectivity index (χ4v) is 4.00. The van der Waals surface area contributed by atoms with Crippen LogP contribution in [0.25, 0.3) is 0 Å². The lowest BCUT2D eigenvalue weighted by Crippen LogP contribution is -2.07. The van der Waals surface area contributed by atoms with Gasteiger partial charge in [-0.25, -0.2) is 8.42 Å². The summed E-state index contributed by atoms with van der Waals surface area (Å²) in [6, 6.07) is 6.19. The van der Waals surface area contributed by atoms with Crippen molar-refractivity contribution in [3.63, 3.8) is 0 Å². The van der Waals surface area contributed by atoms with Crippen molar-refractivity contribution in [2.24, 2.45) is 0 Å². The third kappa shape index (κ3) is 6.66. The molecule has 0 radical (unpaired) electrons. The Hall–Kier alpha value is -0.680. The summed E-state index contributed by atoms with van der Waals surface area (Å²) in [5, 5.41) is 0.